The molecule has 0 atom stereocenters. The van der Waals surface area contributed by atoms with E-state index in [0.29, 0.717) is 27.3 Å². The zero-order valence-corrected chi connectivity index (χ0v) is 14.7. The van der Waals surface area contributed by atoms with Crippen LogP contribution in [0.3, 0.4) is 0 Å². The van der Waals surface area contributed by atoms with Gasteiger partial charge in [-0.3, -0.25) is 9.59 Å². The Balaban J connectivity index is 1.93. The van der Waals surface area contributed by atoms with Gasteiger partial charge in [-0.2, -0.15) is 0 Å². The Hall–Kier alpha value is -2.66. The SMILES string of the molecule is CC(C)N(Cc1nc2ccccc2c(=O)[nH]1)C(=O)c1ccc(Cl)cc1. The number of benzene rings is 2. The van der Waals surface area contributed by atoms with Crippen LogP contribution >= 0.6 is 11.6 Å². The van der Waals surface area contributed by atoms with Crippen molar-refractivity contribution in [2.24, 2.45) is 0 Å². The van der Waals surface area contributed by atoms with Crippen molar-refractivity contribution in [1.29, 1.82) is 0 Å². The first kappa shape index (κ1) is 17.2. The number of para-hydroxylation sites is 1. The molecule has 0 spiro atoms. The molecule has 1 aromatic heterocycles. The van der Waals surface area contributed by atoms with Crippen molar-refractivity contribution >= 4 is 28.4 Å². The quantitative estimate of drug-likeness (QED) is 0.777. The van der Waals surface area contributed by atoms with Gasteiger partial charge in [0.1, 0.15) is 5.82 Å². The lowest BCUT2D eigenvalue weighted by molar-refractivity contribution is 0.0685. The zero-order valence-electron chi connectivity index (χ0n) is 14.0. The average molecular weight is 356 g/mol. The maximum Gasteiger partial charge on any atom is 0.258 e. The van der Waals surface area contributed by atoms with Gasteiger partial charge in [0.15, 0.2) is 0 Å². The van der Waals surface area contributed by atoms with E-state index in [1.165, 1.54) is 0 Å². The van der Waals surface area contributed by atoms with Gasteiger partial charge < -0.3 is 9.88 Å². The number of aromatic nitrogens is 2. The molecule has 1 N–H and O–H groups in total. The Kier molecular flexibility index (Phi) is 4.86. The van der Waals surface area contributed by atoms with E-state index in [1.54, 1.807) is 47.4 Å². The maximum atomic E-state index is 12.8. The van der Waals surface area contributed by atoms with Crippen molar-refractivity contribution in [2.75, 3.05) is 0 Å². The van der Waals surface area contributed by atoms with Crippen molar-refractivity contribution < 1.29 is 4.79 Å². The number of hydrogen-bond donors (Lipinski definition) is 1. The van der Waals surface area contributed by atoms with Crippen LogP contribution in [0.15, 0.2) is 53.3 Å². The van der Waals surface area contributed by atoms with Gasteiger partial charge in [0.2, 0.25) is 0 Å². The number of carbonyl (C=O) groups is 1. The summed E-state index contributed by atoms with van der Waals surface area (Å²) in [4.78, 5) is 33.9. The van der Waals surface area contributed by atoms with Gasteiger partial charge >= 0.3 is 0 Å². The molecule has 0 bridgehead atoms. The molecule has 6 heteroatoms. The number of hydrogen-bond acceptors (Lipinski definition) is 3. The summed E-state index contributed by atoms with van der Waals surface area (Å²) in [5, 5.41) is 1.11. The molecule has 0 radical (unpaired) electrons. The minimum atomic E-state index is -0.205. The fourth-order valence-electron chi connectivity index (χ4n) is 2.62. The summed E-state index contributed by atoms with van der Waals surface area (Å²) in [6.07, 6.45) is 0. The van der Waals surface area contributed by atoms with Crippen molar-refractivity contribution in [3.05, 3.63) is 75.3 Å². The highest BCUT2D eigenvalue weighted by atomic mass is 35.5. The molecule has 0 aliphatic carbocycles. The number of nitrogens with one attached hydrogen (secondary N) is 1. The molecule has 0 saturated heterocycles. The number of carbonyl (C=O) groups excluding carboxylic acids is 1. The van der Waals surface area contributed by atoms with Crippen molar-refractivity contribution in [2.45, 2.75) is 26.4 Å². The first-order valence-corrected chi connectivity index (χ1v) is 8.38. The van der Waals surface area contributed by atoms with E-state index in [1.807, 2.05) is 19.9 Å². The van der Waals surface area contributed by atoms with Gasteiger partial charge in [-0.25, -0.2) is 4.98 Å². The topological polar surface area (TPSA) is 66.1 Å². The van der Waals surface area contributed by atoms with Gasteiger partial charge in [-0.15, -0.1) is 0 Å². The van der Waals surface area contributed by atoms with E-state index < -0.39 is 0 Å². The fourth-order valence-corrected chi connectivity index (χ4v) is 2.74. The molecular formula is C19H18ClN3O2. The summed E-state index contributed by atoms with van der Waals surface area (Å²) >= 11 is 5.89. The molecular weight excluding hydrogens is 338 g/mol. The number of aromatic amines is 1. The molecule has 0 fully saturated rings. The Morgan fingerprint density at radius 3 is 2.52 bits per heavy atom. The number of nitrogens with zero attached hydrogens (tertiary/aromatic N) is 2. The Bertz CT molecular complexity index is 964. The molecule has 1 amide bonds. The van der Waals surface area contributed by atoms with Crippen LogP contribution in [0.1, 0.15) is 30.0 Å². The van der Waals surface area contributed by atoms with E-state index in [4.69, 9.17) is 11.6 Å². The predicted octanol–water partition coefficient (Wildman–Crippen LogP) is 3.63. The first-order valence-electron chi connectivity index (χ1n) is 8.00. The van der Waals surface area contributed by atoms with E-state index in [9.17, 15) is 9.59 Å². The monoisotopic (exact) mass is 355 g/mol. The summed E-state index contributed by atoms with van der Waals surface area (Å²) in [6, 6.07) is 13.8. The summed E-state index contributed by atoms with van der Waals surface area (Å²) in [6.45, 7) is 4.07. The molecule has 1 heterocycles. The van der Waals surface area contributed by atoms with Crippen LogP contribution in [0.4, 0.5) is 0 Å². The predicted molar refractivity (Wildman–Crippen MR) is 98.8 cm³/mol. The lowest BCUT2D eigenvalue weighted by Gasteiger charge is -2.26. The van der Waals surface area contributed by atoms with E-state index in [-0.39, 0.29) is 24.1 Å². The molecule has 5 nitrogen and oxygen atoms in total. The van der Waals surface area contributed by atoms with Crippen molar-refractivity contribution in [1.82, 2.24) is 14.9 Å². The van der Waals surface area contributed by atoms with Crippen molar-refractivity contribution in [3.63, 3.8) is 0 Å². The number of amides is 1. The zero-order chi connectivity index (χ0) is 18.0. The molecule has 3 rings (SSSR count). The van der Waals surface area contributed by atoms with Crippen LogP contribution < -0.4 is 5.56 Å². The lowest BCUT2D eigenvalue weighted by Crippen LogP contribution is -2.37. The smallest absolute Gasteiger partial charge is 0.258 e. The Morgan fingerprint density at radius 1 is 1.16 bits per heavy atom. The highest BCUT2D eigenvalue weighted by Crippen LogP contribution is 2.15. The van der Waals surface area contributed by atoms with Gasteiger partial charge in [-0.1, -0.05) is 23.7 Å². The van der Waals surface area contributed by atoms with Gasteiger partial charge in [0.25, 0.3) is 11.5 Å². The molecule has 0 aliphatic heterocycles. The summed E-state index contributed by atoms with van der Waals surface area (Å²) in [5.74, 6) is 0.321. The van der Waals surface area contributed by atoms with Gasteiger partial charge in [-0.05, 0) is 50.2 Å². The molecule has 0 saturated carbocycles. The standard InChI is InChI=1S/C19H18ClN3O2/c1-12(2)23(19(25)13-7-9-14(20)10-8-13)11-17-21-16-6-4-3-5-15(16)18(24)22-17/h3-10,12H,11H2,1-2H3,(H,21,22,24). The van der Waals surface area contributed by atoms with E-state index in [0.717, 1.165) is 0 Å². The maximum absolute atomic E-state index is 12.8. The molecule has 128 valence electrons. The second-order valence-electron chi connectivity index (χ2n) is 6.06. The van der Waals surface area contributed by atoms with Gasteiger partial charge in [0.05, 0.1) is 17.4 Å². The second kappa shape index (κ2) is 7.07. The second-order valence-corrected chi connectivity index (χ2v) is 6.50. The average Bonchev–Trinajstić information content (AvgIpc) is 2.59. The Labute approximate surface area is 150 Å². The van der Waals surface area contributed by atoms with Crippen LogP contribution in [0, 0.1) is 0 Å². The number of rotatable bonds is 4. The third kappa shape index (κ3) is 3.72. The van der Waals surface area contributed by atoms with Crippen LogP contribution in [0.2, 0.25) is 5.02 Å². The lowest BCUT2D eigenvalue weighted by atomic mass is 10.1. The Morgan fingerprint density at radius 2 is 1.84 bits per heavy atom. The minimum absolute atomic E-state index is 0.0556. The van der Waals surface area contributed by atoms with Crippen LogP contribution in [0.5, 0.6) is 0 Å². The third-order valence-corrected chi connectivity index (χ3v) is 4.21. The summed E-state index contributed by atoms with van der Waals surface area (Å²) in [5.41, 5.74) is 0.952. The number of H-pyrrole nitrogens is 1. The highest BCUT2D eigenvalue weighted by Gasteiger charge is 2.20. The normalized spacial score (nSPS) is 11.0. The van der Waals surface area contributed by atoms with E-state index in [2.05, 4.69) is 9.97 Å². The highest BCUT2D eigenvalue weighted by molar-refractivity contribution is 6.30. The largest absolute Gasteiger partial charge is 0.329 e. The number of halogens is 1. The van der Waals surface area contributed by atoms with Crippen LogP contribution in [-0.2, 0) is 6.54 Å². The number of fused-ring (bicyclic) bond motifs is 1. The van der Waals surface area contributed by atoms with Gasteiger partial charge in [0, 0.05) is 16.6 Å². The molecule has 25 heavy (non-hydrogen) atoms. The summed E-state index contributed by atoms with van der Waals surface area (Å²) in [7, 11) is 0. The molecule has 0 unspecified atom stereocenters. The first-order chi connectivity index (χ1) is 12.0. The molecule has 0 aliphatic rings. The van der Waals surface area contributed by atoms with Crippen LogP contribution in [-0.4, -0.2) is 26.8 Å². The molecule has 2 aromatic carbocycles. The minimum Gasteiger partial charge on any atom is -0.329 e. The van der Waals surface area contributed by atoms with Crippen molar-refractivity contribution in [3.8, 4) is 0 Å². The summed E-state index contributed by atoms with van der Waals surface area (Å²) < 4.78 is 0. The fraction of sp³-hybridized carbons (Fsp3) is 0.211. The van der Waals surface area contributed by atoms with Crippen LogP contribution in [0.25, 0.3) is 10.9 Å². The van der Waals surface area contributed by atoms with E-state index >= 15 is 0 Å². The molecule has 3 aromatic rings. The third-order valence-electron chi connectivity index (χ3n) is 3.96.